The second-order valence-corrected chi connectivity index (χ2v) is 7.35. The molecule has 0 unspecified atom stereocenters. The number of tetrazole rings is 1. The van der Waals surface area contributed by atoms with Crippen LogP contribution < -0.4 is 10.6 Å². The van der Waals surface area contributed by atoms with Crippen LogP contribution in [-0.4, -0.2) is 50.6 Å². The van der Waals surface area contributed by atoms with Crippen LogP contribution in [0.1, 0.15) is 35.3 Å². The number of hydrogen-bond donors (Lipinski definition) is 3. The summed E-state index contributed by atoms with van der Waals surface area (Å²) in [5.41, 5.74) is -3.51. The van der Waals surface area contributed by atoms with E-state index in [1.807, 2.05) is 5.32 Å². The van der Waals surface area contributed by atoms with Gasteiger partial charge >= 0.3 is 18.4 Å². The van der Waals surface area contributed by atoms with Gasteiger partial charge in [-0.25, -0.2) is 4.79 Å². The zero-order chi connectivity index (χ0) is 26.7. The largest absolute Gasteiger partial charge is 0.416 e. The van der Waals surface area contributed by atoms with Crippen LogP contribution in [-0.2, 0) is 12.4 Å². The average molecular weight is 515 g/mol. The summed E-state index contributed by atoms with van der Waals surface area (Å²) in [5, 5.41) is 17.6. The van der Waals surface area contributed by atoms with Gasteiger partial charge in [-0.05, 0) is 55.5 Å². The van der Waals surface area contributed by atoms with Crippen LogP contribution in [0.4, 0.5) is 42.5 Å². The summed E-state index contributed by atoms with van der Waals surface area (Å²) in [6, 6.07) is 3.66. The van der Waals surface area contributed by atoms with Crippen LogP contribution in [0.5, 0.6) is 0 Å². The number of hydrogen-bond acceptors (Lipinski definition) is 5. The van der Waals surface area contributed by atoms with Crippen LogP contribution >= 0.6 is 0 Å². The number of nitrogens with zero attached hydrogens (tertiary/aromatic N) is 4. The van der Waals surface area contributed by atoms with Crippen molar-refractivity contribution in [2.75, 3.05) is 23.7 Å². The van der Waals surface area contributed by atoms with Gasteiger partial charge in [-0.2, -0.15) is 31.6 Å². The number of anilines is 2. The number of aromatic amines is 1. The van der Waals surface area contributed by atoms with Gasteiger partial charge in [-0.3, -0.25) is 4.79 Å². The first-order valence-electron chi connectivity index (χ1n) is 10.4. The Bertz CT molecular complexity index is 1210. The Hall–Kier alpha value is -4.17. The highest BCUT2D eigenvalue weighted by Crippen LogP contribution is 2.37. The molecule has 2 aromatic carbocycles. The topological polar surface area (TPSA) is 116 Å². The van der Waals surface area contributed by atoms with Gasteiger partial charge in [-0.15, -0.1) is 10.2 Å². The van der Waals surface area contributed by atoms with Crippen LogP contribution in [0, 0.1) is 0 Å². The molecule has 3 amide bonds. The SMILES string of the molecule is CCN(CC)C(=O)c1ccc(NC(=O)Nc2cc(C(F)(F)F)cc(C(F)(F)F)c2)c(-c2nn[nH]n2)c1. The first-order chi connectivity index (χ1) is 16.8. The summed E-state index contributed by atoms with van der Waals surface area (Å²) < 4.78 is 78.6. The monoisotopic (exact) mass is 515 g/mol. The lowest BCUT2D eigenvalue weighted by Gasteiger charge is -2.19. The zero-order valence-electron chi connectivity index (χ0n) is 18.8. The maximum Gasteiger partial charge on any atom is 0.416 e. The molecule has 1 heterocycles. The molecule has 0 spiro atoms. The first kappa shape index (κ1) is 26.4. The molecule has 0 aliphatic rings. The molecular weight excluding hydrogens is 496 g/mol. The molecule has 3 N–H and O–H groups in total. The number of nitrogens with one attached hydrogen (secondary N) is 3. The van der Waals surface area contributed by atoms with Crippen LogP contribution in [0.3, 0.4) is 0 Å². The number of halogens is 6. The highest BCUT2D eigenvalue weighted by Gasteiger charge is 2.37. The van der Waals surface area contributed by atoms with Gasteiger partial charge in [0.1, 0.15) is 0 Å². The maximum atomic E-state index is 13.1. The second kappa shape index (κ2) is 10.2. The van der Waals surface area contributed by atoms with E-state index in [-0.39, 0.29) is 34.6 Å². The Morgan fingerprint density at radius 2 is 1.53 bits per heavy atom. The van der Waals surface area contributed by atoms with Gasteiger partial charge in [0, 0.05) is 29.9 Å². The normalized spacial score (nSPS) is 11.8. The third-order valence-electron chi connectivity index (χ3n) is 5.00. The van der Waals surface area contributed by atoms with E-state index in [2.05, 4.69) is 25.9 Å². The Morgan fingerprint density at radius 3 is 2.03 bits per heavy atom. The third-order valence-corrected chi connectivity index (χ3v) is 5.00. The second-order valence-electron chi connectivity index (χ2n) is 7.35. The molecule has 0 aliphatic carbocycles. The average Bonchev–Trinajstić information content (AvgIpc) is 3.33. The van der Waals surface area contributed by atoms with Crippen LogP contribution in [0.15, 0.2) is 36.4 Å². The molecule has 0 saturated heterocycles. The number of rotatable bonds is 6. The van der Waals surface area contributed by atoms with E-state index in [9.17, 15) is 35.9 Å². The molecule has 0 fully saturated rings. The Morgan fingerprint density at radius 1 is 0.917 bits per heavy atom. The lowest BCUT2D eigenvalue weighted by atomic mass is 10.1. The van der Waals surface area contributed by atoms with Crippen molar-refractivity contribution >= 4 is 23.3 Å². The molecule has 0 atom stereocenters. The molecule has 3 rings (SSSR count). The minimum atomic E-state index is -5.08. The molecule has 9 nitrogen and oxygen atoms in total. The maximum absolute atomic E-state index is 13.1. The van der Waals surface area contributed by atoms with E-state index in [1.165, 1.54) is 18.2 Å². The van der Waals surface area contributed by atoms with E-state index in [0.29, 0.717) is 25.2 Å². The van der Waals surface area contributed by atoms with Gasteiger partial charge in [0.05, 0.1) is 16.8 Å². The first-order valence-corrected chi connectivity index (χ1v) is 10.4. The van der Waals surface area contributed by atoms with Crippen molar-refractivity contribution in [3.05, 3.63) is 53.1 Å². The number of urea groups is 1. The van der Waals surface area contributed by atoms with Gasteiger partial charge in [0.2, 0.25) is 5.82 Å². The fourth-order valence-corrected chi connectivity index (χ4v) is 3.25. The number of carbonyl (C=O) groups excluding carboxylic acids is 2. The fourth-order valence-electron chi connectivity index (χ4n) is 3.25. The summed E-state index contributed by atoms with van der Waals surface area (Å²) >= 11 is 0. The van der Waals surface area contributed by atoms with Gasteiger partial charge in [-0.1, -0.05) is 0 Å². The highest BCUT2D eigenvalue weighted by atomic mass is 19.4. The van der Waals surface area contributed by atoms with Gasteiger partial charge in [0.15, 0.2) is 0 Å². The Balaban J connectivity index is 1.93. The van der Waals surface area contributed by atoms with Crippen LogP contribution in [0.2, 0.25) is 0 Å². The Kier molecular flexibility index (Phi) is 7.50. The van der Waals surface area contributed by atoms with Crippen LogP contribution in [0.25, 0.3) is 11.4 Å². The number of alkyl halides is 6. The molecule has 0 radical (unpaired) electrons. The summed E-state index contributed by atoms with van der Waals surface area (Å²) in [4.78, 5) is 26.8. The number of amides is 3. The summed E-state index contributed by atoms with van der Waals surface area (Å²) in [6.07, 6.45) is -10.2. The zero-order valence-corrected chi connectivity index (χ0v) is 18.8. The third kappa shape index (κ3) is 6.09. The summed E-state index contributed by atoms with van der Waals surface area (Å²) in [6.45, 7) is 4.46. The van der Waals surface area contributed by atoms with Crippen molar-refractivity contribution < 1.29 is 35.9 Å². The number of carbonyl (C=O) groups is 2. The van der Waals surface area contributed by atoms with Crippen molar-refractivity contribution in [2.24, 2.45) is 0 Å². The predicted molar refractivity (Wildman–Crippen MR) is 116 cm³/mol. The molecule has 0 saturated carbocycles. The van der Waals surface area contributed by atoms with Crippen molar-refractivity contribution in [3.8, 4) is 11.4 Å². The predicted octanol–water partition coefficient (Wildman–Crippen LogP) is 5.03. The van der Waals surface area contributed by atoms with E-state index in [0.717, 1.165) is 0 Å². The smallest absolute Gasteiger partial charge is 0.339 e. The van der Waals surface area contributed by atoms with Gasteiger partial charge in [0.25, 0.3) is 5.91 Å². The molecule has 15 heteroatoms. The van der Waals surface area contributed by atoms with E-state index >= 15 is 0 Å². The molecular formula is C21H19F6N7O2. The Labute approximate surface area is 199 Å². The number of benzene rings is 2. The minimum Gasteiger partial charge on any atom is -0.339 e. The van der Waals surface area contributed by atoms with Gasteiger partial charge < -0.3 is 15.5 Å². The van der Waals surface area contributed by atoms with Crippen molar-refractivity contribution in [1.82, 2.24) is 25.5 Å². The standard InChI is InChI=1S/C21H19F6N7O2/c1-3-34(4-2)18(35)11-5-6-16(15(7-11)17-30-32-33-31-17)29-19(36)28-14-9-12(20(22,23)24)8-13(10-14)21(25,26)27/h5-10H,3-4H2,1-2H3,(H2,28,29,36)(H,30,31,32,33). The van der Waals surface area contributed by atoms with Crippen molar-refractivity contribution in [3.63, 3.8) is 0 Å². The van der Waals surface area contributed by atoms with E-state index < -0.39 is 35.2 Å². The lowest BCUT2D eigenvalue weighted by Crippen LogP contribution is -2.30. The lowest BCUT2D eigenvalue weighted by molar-refractivity contribution is -0.143. The molecule has 0 aliphatic heterocycles. The molecule has 1 aromatic heterocycles. The molecule has 192 valence electrons. The molecule has 0 bridgehead atoms. The number of H-pyrrole nitrogens is 1. The molecule has 3 aromatic rings. The summed E-state index contributed by atoms with van der Waals surface area (Å²) in [5.74, 6) is -0.331. The van der Waals surface area contributed by atoms with Crippen molar-refractivity contribution in [1.29, 1.82) is 0 Å². The fraction of sp³-hybridized carbons (Fsp3) is 0.286. The highest BCUT2D eigenvalue weighted by molar-refractivity contribution is 6.03. The summed E-state index contributed by atoms with van der Waals surface area (Å²) in [7, 11) is 0. The van der Waals surface area contributed by atoms with Crippen molar-refractivity contribution in [2.45, 2.75) is 26.2 Å². The molecule has 36 heavy (non-hydrogen) atoms. The number of aromatic nitrogens is 4. The van der Waals surface area contributed by atoms with E-state index in [4.69, 9.17) is 0 Å². The van der Waals surface area contributed by atoms with E-state index in [1.54, 1.807) is 18.7 Å². The minimum absolute atomic E-state index is 0.0158. The quantitative estimate of drug-likeness (QED) is 0.399.